The Hall–Kier alpha value is -3.04. The lowest BCUT2D eigenvalue weighted by molar-refractivity contribution is -0.134. The average Bonchev–Trinajstić information content (AvgIpc) is 3.45. The van der Waals surface area contributed by atoms with Gasteiger partial charge in [0.25, 0.3) is 11.8 Å². The molecule has 1 saturated heterocycles. The van der Waals surface area contributed by atoms with E-state index in [2.05, 4.69) is 20.0 Å². The molecule has 1 atom stereocenters. The lowest BCUT2D eigenvalue weighted by atomic mass is 10.0. The van der Waals surface area contributed by atoms with Crippen LogP contribution in [0.5, 0.6) is 0 Å². The molecular formula is C23H23ClF2N4O3. The third-order valence-electron chi connectivity index (χ3n) is 5.60. The first-order valence-corrected chi connectivity index (χ1v) is 11.0. The number of hydrogen-bond donors (Lipinski definition) is 2. The number of imidazole rings is 1. The highest BCUT2D eigenvalue weighted by molar-refractivity contribution is 6.31. The Morgan fingerprint density at radius 1 is 1.21 bits per heavy atom. The van der Waals surface area contributed by atoms with Gasteiger partial charge in [0, 0.05) is 29.2 Å². The Bertz CT molecular complexity index is 1180. The number of rotatable bonds is 7. The number of H-pyrrole nitrogens is 1. The summed E-state index contributed by atoms with van der Waals surface area (Å²) in [6, 6.07) is 8.84. The molecule has 0 radical (unpaired) electrons. The number of carbonyl (C=O) groups excluding carboxylic acids is 2. The Kier molecular flexibility index (Phi) is 6.90. The fraction of sp³-hybridized carbons (Fsp3) is 0.348. The number of halogens is 3. The van der Waals surface area contributed by atoms with Crippen molar-refractivity contribution in [2.45, 2.75) is 32.4 Å². The summed E-state index contributed by atoms with van der Waals surface area (Å²) in [5.41, 5.74) is 2.69. The zero-order chi connectivity index (χ0) is 23.5. The third-order valence-corrected chi connectivity index (χ3v) is 5.84. The van der Waals surface area contributed by atoms with Crippen molar-refractivity contribution in [1.82, 2.24) is 20.2 Å². The smallest absolute Gasteiger partial charge is 0.340 e. The molecule has 4 rings (SSSR count). The van der Waals surface area contributed by atoms with Gasteiger partial charge in [0.2, 0.25) is 0 Å². The van der Waals surface area contributed by atoms with Gasteiger partial charge in [-0.15, -0.1) is 0 Å². The highest BCUT2D eigenvalue weighted by atomic mass is 35.5. The predicted molar refractivity (Wildman–Crippen MR) is 120 cm³/mol. The lowest BCUT2D eigenvalue weighted by Gasteiger charge is -2.19. The Labute approximate surface area is 194 Å². The summed E-state index contributed by atoms with van der Waals surface area (Å²) in [5, 5.41) is 3.17. The van der Waals surface area contributed by atoms with E-state index in [9.17, 15) is 18.4 Å². The standard InChI is InChI=1S/C23H23ClF2N4O3/c1-13-10-14(4-6-16(13)22(32)30-8-2-3-9-30)21(31)29-19(12-33-23(25)26)20-27-17-7-5-15(24)11-18(17)28-20/h4-7,10-11,19,23H,2-3,8-9,12H2,1H3,(H,27,28)(H,29,31)/t19-/m0/s1. The SMILES string of the molecule is Cc1cc(C(=O)N[C@@H](COC(F)F)c2nc3cc(Cl)ccc3[nH]2)ccc1C(=O)N1CCCC1. The van der Waals surface area contributed by atoms with Gasteiger partial charge in [0.1, 0.15) is 11.9 Å². The third kappa shape index (κ3) is 5.31. The fourth-order valence-electron chi connectivity index (χ4n) is 3.90. The monoisotopic (exact) mass is 476 g/mol. The van der Waals surface area contributed by atoms with E-state index in [1.807, 2.05) is 0 Å². The molecule has 0 bridgehead atoms. The van der Waals surface area contributed by atoms with Crippen molar-refractivity contribution < 1.29 is 23.1 Å². The number of carbonyl (C=O) groups is 2. The normalized spacial score (nSPS) is 14.8. The number of benzene rings is 2. The first-order chi connectivity index (χ1) is 15.8. The van der Waals surface area contributed by atoms with E-state index in [1.54, 1.807) is 48.2 Å². The number of nitrogens with one attached hydrogen (secondary N) is 2. The number of nitrogens with zero attached hydrogens (tertiary/aromatic N) is 2. The first-order valence-electron chi connectivity index (χ1n) is 10.6. The summed E-state index contributed by atoms with van der Waals surface area (Å²) in [6.07, 6.45) is 1.97. The Morgan fingerprint density at radius 2 is 1.97 bits per heavy atom. The van der Waals surface area contributed by atoms with Crippen LogP contribution in [0.3, 0.4) is 0 Å². The summed E-state index contributed by atoms with van der Waals surface area (Å²) in [7, 11) is 0. The van der Waals surface area contributed by atoms with Gasteiger partial charge in [-0.3, -0.25) is 9.59 Å². The molecule has 2 aromatic carbocycles. The van der Waals surface area contributed by atoms with Gasteiger partial charge in [0.05, 0.1) is 17.6 Å². The zero-order valence-electron chi connectivity index (χ0n) is 17.9. The molecule has 2 N–H and O–H groups in total. The van der Waals surface area contributed by atoms with Gasteiger partial charge in [-0.1, -0.05) is 11.6 Å². The number of alkyl halides is 2. The van der Waals surface area contributed by atoms with Crippen molar-refractivity contribution in [3.63, 3.8) is 0 Å². The van der Waals surface area contributed by atoms with E-state index in [0.29, 0.717) is 32.7 Å². The number of aromatic nitrogens is 2. The summed E-state index contributed by atoms with van der Waals surface area (Å²) in [5.74, 6) is -0.292. The molecule has 0 aliphatic carbocycles. The van der Waals surface area contributed by atoms with E-state index >= 15 is 0 Å². The minimum absolute atomic E-state index is 0.0545. The number of hydrogen-bond acceptors (Lipinski definition) is 4. The molecule has 2 amide bonds. The van der Waals surface area contributed by atoms with E-state index in [-0.39, 0.29) is 11.7 Å². The van der Waals surface area contributed by atoms with Crippen LogP contribution in [-0.2, 0) is 4.74 Å². The summed E-state index contributed by atoms with van der Waals surface area (Å²) >= 11 is 5.99. The fourth-order valence-corrected chi connectivity index (χ4v) is 4.07. The van der Waals surface area contributed by atoms with Gasteiger partial charge in [0.15, 0.2) is 0 Å². The van der Waals surface area contributed by atoms with Crippen LogP contribution in [-0.4, -0.2) is 53.0 Å². The van der Waals surface area contributed by atoms with Gasteiger partial charge < -0.3 is 19.9 Å². The maximum atomic E-state index is 12.9. The van der Waals surface area contributed by atoms with Crippen LogP contribution >= 0.6 is 11.6 Å². The molecule has 174 valence electrons. The zero-order valence-corrected chi connectivity index (χ0v) is 18.7. The second kappa shape index (κ2) is 9.84. The maximum absolute atomic E-state index is 12.9. The van der Waals surface area contributed by atoms with E-state index < -0.39 is 25.2 Å². The highest BCUT2D eigenvalue weighted by Gasteiger charge is 2.24. The van der Waals surface area contributed by atoms with Crippen molar-refractivity contribution in [2.75, 3.05) is 19.7 Å². The Morgan fingerprint density at radius 3 is 2.67 bits per heavy atom. The van der Waals surface area contributed by atoms with Crippen molar-refractivity contribution in [3.8, 4) is 0 Å². The second-order valence-corrected chi connectivity index (χ2v) is 8.37. The van der Waals surface area contributed by atoms with E-state index in [0.717, 1.165) is 25.9 Å². The van der Waals surface area contributed by atoms with Crippen LogP contribution in [0.4, 0.5) is 8.78 Å². The number of ether oxygens (including phenoxy) is 1. The first kappa shape index (κ1) is 23.1. The van der Waals surface area contributed by atoms with Crippen LogP contribution in [0.25, 0.3) is 11.0 Å². The number of aryl methyl sites for hydroxylation is 1. The molecule has 10 heteroatoms. The molecule has 3 aromatic rings. The van der Waals surface area contributed by atoms with Crippen molar-refractivity contribution in [1.29, 1.82) is 0 Å². The lowest BCUT2D eigenvalue weighted by Crippen LogP contribution is -2.33. The average molecular weight is 477 g/mol. The minimum Gasteiger partial charge on any atom is -0.340 e. The van der Waals surface area contributed by atoms with E-state index in [4.69, 9.17) is 11.6 Å². The quantitative estimate of drug-likeness (QED) is 0.526. The molecule has 0 saturated carbocycles. The number of fused-ring (bicyclic) bond motifs is 1. The van der Waals surface area contributed by atoms with Crippen molar-refractivity contribution >= 4 is 34.4 Å². The van der Waals surface area contributed by atoms with Gasteiger partial charge in [-0.25, -0.2) is 4.98 Å². The van der Waals surface area contributed by atoms with Crippen LogP contribution in [0.15, 0.2) is 36.4 Å². The maximum Gasteiger partial charge on any atom is 0.345 e. The van der Waals surface area contributed by atoms with Gasteiger partial charge >= 0.3 is 6.61 Å². The molecule has 1 aliphatic rings. The predicted octanol–water partition coefficient (Wildman–Crippen LogP) is 4.47. The van der Waals surface area contributed by atoms with Crippen LogP contribution in [0, 0.1) is 6.92 Å². The minimum atomic E-state index is -3.00. The second-order valence-electron chi connectivity index (χ2n) is 7.93. The number of amides is 2. The molecule has 1 aromatic heterocycles. The molecule has 33 heavy (non-hydrogen) atoms. The molecule has 1 aliphatic heterocycles. The number of likely N-dealkylation sites (tertiary alicyclic amines) is 1. The molecule has 2 heterocycles. The topological polar surface area (TPSA) is 87.3 Å². The number of aromatic amines is 1. The van der Waals surface area contributed by atoms with Crippen LogP contribution in [0.1, 0.15) is 51.0 Å². The molecule has 1 fully saturated rings. The van der Waals surface area contributed by atoms with Crippen LogP contribution in [0.2, 0.25) is 5.02 Å². The van der Waals surface area contributed by atoms with Crippen molar-refractivity contribution in [3.05, 3.63) is 63.9 Å². The Balaban J connectivity index is 1.54. The molecule has 0 unspecified atom stereocenters. The molecular weight excluding hydrogens is 454 g/mol. The highest BCUT2D eigenvalue weighted by Crippen LogP contribution is 2.22. The molecule has 0 spiro atoms. The summed E-state index contributed by atoms with van der Waals surface area (Å²) in [6.45, 7) is -0.257. The van der Waals surface area contributed by atoms with Gasteiger partial charge in [-0.2, -0.15) is 8.78 Å². The van der Waals surface area contributed by atoms with E-state index in [1.165, 1.54) is 0 Å². The van der Waals surface area contributed by atoms with Crippen molar-refractivity contribution in [2.24, 2.45) is 0 Å². The van der Waals surface area contributed by atoms with Crippen LogP contribution < -0.4 is 5.32 Å². The summed E-state index contributed by atoms with van der Waals surface area (Å²) in [4.78, 5) is 34.8. The van der Waals surface area contributed by atoms with Gasteiger partial charge in [-0.05, 0) is 61.7 Å². The largest absolute Gasteiger partial charge is 0.345 e. The molecule has 7 nitrogen and oxygen atoms in total. The summed E-state index contributed by atoms with van der Waals surface area (Å²) < 4.78 is 29.9.